The quantitative estimate of drug-likeness (QED) is 0.0250. The maximum atomic E-state index is 14.2. The fourth-order valence-corrected chi connectivity index (χ4v) is 7.69. The lowest BCUT2D eigenvalue weighted by molar-refractivity contribution is -0.178. The molecule has 1 fully saturated rings. The zero-order valence-corrected chi connectivity index (χ0v) is 37.9. The van der Waals surface area contributed by atoms with E-state index in [-0.39, 0.29) is 31.3 Å². The molecule has 0 spiro atoms. The van der Waals surface area contributed by atoms with Gasteiger partial charge in [-0.1, -0.05) is 96.4 Å². The first-order chi connectivity index (χ1) is 27.0. The molecule has 0 aliphatic carbocycles. The van der Waals surface area contributed by atoms with Gasteiger partial charge < -0.3 is 38.9 Å². The average Bonchev–Trinajstić information content (AvgIpc) is 3.62. The van der Waals surface area contributed by atoms with Gasteiger partial charge in [-0.25, -0.2) is 4.79 Å². The summed E-state index contributed by atoms with van der Waals surface area (Å²) in [6, 6.07) is 6.71. The monoisotopic (exact) mass is 816 g/mol. The van der Waals surface area contributed by atoms with Crippen LogP contribution in [0, 0.1) is 17.8 Å². The van der Waals surface area contributed by atoms with Crippen molar-refractivity contribution in [3.63, 3.8) is 0 Å². The van der Waals surface area contributed by atoms with E-state index in [1.54, 1.807) is 26.8 Å². The van der Waals surface area contributed by atoms with Gasteiger partial charge in [0.25, 0.3) is 0 Å². The molecule has 0 saturated carbocycles. The van der Waals surface area contributed by atoms with Gasteiger partial charge >= 0.3 is 5.97 Å². The van der Waals surface area contributed by atoms with E-state index in [2.05, 4.69) is 57.9 Å². The van der Waals surface area contributed by atoms with Crippen LogP contribution >= 0.6 is 0 Å². The zero-order chi connectivity index (χ0) is 42.4. The number of ether oxygens (including phenoxy) is 4. The molecule has 1 aromatic carbocycles. The summed E-state index contributed by atoms with van der Waals surface area (Å²) in [4.78, 5) is 28.0. The number of esters is 1. The maximum absolute atomic E-state index is 14.2. The van der Waals surface area contributed by atoms with Crippen LogP contribution < -0.4 is 10.1 Å². The first-order valence-corrected chi connectivity index (χ1v) is 24.5. The SMILES string of the molecule is CC#CCOc1ccc(C[C@@H](CO)NC(=O)[C@@H](/C=C/CCCCCCC2(CCCCCCC)OCCO2)[C@@](O)(CCO[Si](C)(C)C(C)(C)C)C(=O)OC(C)C)cc1. The first kappa shape index (κ1) is 50.4. The van der Waals surface area contributed by atoms with Gasteiger partial charge in [0, 0.05) is 25.9 Å². The van der Waals surface area contributed by atoms with Crippen LogP contribution in [-0.4, -0.2) is 87.0 Å². The van der Waals surface area contributed by atoms with Gasteiger partial charge in [0.2, 0.25) is 5.91 Å². The normalized spacial score (nSPS) is 16.5. The summed E-state index contributed by atoms with van der Waals surface area (Å²) >= 11 is 0. The highest BCUT2D eigenvalue weighted by Crippen LogP contribution is 2.38. The maximum Gasteiger partial charge on any atom is 0.339 e. The molecule has 0 unspecified atom stereocenters. The van der Waals surface area contributed by atoms with Crippen molar-refractivity contribution in [2.75, 3.05) is 33.0 Å². The molecule has 1 amide bonds. The summed E-state index contributed by atoms with van der Waals surface area (Å²) in [5, 5.41) is 25.5. The van der Waals surface area contributed by atoms with Gasteiger partial charge in [0.05, 0.1) is 37.9 Å². The second kappa shape index (κ2) is 25.7. The molecule has 10 nitrogen and oxygen atoms in total. The number of hydrogen-bond acceptors (Lipinski definition) is 9. The number of carbonyl (C=O) groups is 2. The molecular formula is C46H77NO9Si. The molecule has 0 aromatic heterocycles. The largest absolute Gasteiger partial charge is 0.481 e. The summed E-state index contributed by atoms with van der Waals surface area (Å²) in [6.45, 7) is 19.3. The average molecular weight is 816 g/mol. The minimum atomic E-state index is -2.24. The molecule has 0 radical (unpaired) electrons. The van der Waals surface area contributed by atoms with Crippen molar-refractivity contribution >= 4 is 20.2 Å². The van der Waals surface area contributed by atoms with Gasteiger partial charge in [0.15, 0.2) is 19.7 Å². The van der Waals surface area contributed by atoms with E-state index in [0.29, 0.717) is 31.8 Å². The molecule has 3 atom stereocenters. The number of aliphatic hydroxyl groups excluding tert-OH is 1. The molecule has 57 heavy (non-hydrogen) atoms. The van der Waals surface area contributed by atoms with Crippen molar-refractivity contribution in [1.29, 1.82) is 0 Å². The molecule has 11 heteroatoms. The summed E-state index contributed by atoms with van der Waals surface area (Å²) in [5.41, 5.74) is -1.34. The predicted molar refractivity (Wildman–Crippen MR) is 230 cm³/mol. The van der Waals surface area contributed by atoms with Gasteiger partial charge in [-0.15, -0.1) is 5.92 Å². The van der Waals surface area contributed by atoms with Crippen LogP contribution in [0.4, 0.5) is 0 Å². The lowest BCUT2D eigenvalue weighted by atomic mass is 9.82. The lowest BCUT2D eigenvalue weighted by Crippen LogP contribution is -2.55. The second-order valence-corrected chi connectivity index (χ2v) is 22.1. The molecule has 3 N–H and O–H groups in total. The Morgan fingerprint density at radius 2 is 1.60 bits per heavy atom. The molecule has 1 heterocycles. The molecule has 324 valence electrons. The smallest absolute Gasteiger partial charge is 0.339 e. The number of hydrogen-bond donors (Lipinski definition) is 3. The number of carbonyl (C=O) groups excluding carboxylic acids is 2. The minimum absolute atomic E-state index is 0.0765. The van der Waals surface area contributed by atoms with E-state index in [1.807, 2.05) is 30.3 Å². The number of allylic oxidation sites excluding steroid dienone is 1. The van der Waals surface area contributed by atoms with Crippen LogP contribution in [0.3, 0.4) is 0 Å². The Kier molecular flexibility index (Phi) is 22.7. The minimum Gasteiger partial charge on any atom is -0.481 e. The number of nitrogens with one attached hydrogen (secondary N) is 1. The third-order valence-electron chi connectivity index (χ3n) is 11.2. The van der Waals surface area contributed by atoms with E-state index in [0.717, 1.165) is 50.5 Å². The van der Waals surface area contributed by atoms with Crippen LogP contribution in [-0.2, 0) is 34.6 Å². The summed E-state index contributed by atoms with van der Waals surface area (Å²) < 4.78 is 29.8. The summed E-state index contributed by atoms with van der Waals surface area (Å²) in [6.07, 6.45) is 15.7. The highest BCUT2D eigenvalue weighted by atomic mass is 28.4. The van der Waals surface area contributed by atoms with E-state index in [4.69, 9.17) is 23.4 Å². The van der Waals surface area contributed by atoms with E-state index in [1.165, 1.54) is 25.7 Å². The van der Waals surface area contributed by atoms with Gasteiger partial charge in [-0.05, 0) is 88.7 Å². The van der Waals surface area contributed by atoms with E-state index < -0.39 is 49.6 Å². The lowest BCUT2D eigenvalue weighted by Gasteiger charge is -2.38. The fourth-order valence-electron chi connectivity index (χ4n) is 6.64. The molecule has 1 saturated heterocycles. The standard InChI is InChI=1S/C46H77NO9Si/c1-10-12-14-18-21-28-45(53-33-34-54-45)29-22-19-16-15-17-20-23-41(46(51,43(50)56-37(3)4)30-32-55-57(8,9)44(5,6)7)42(49)47-39(36-48)35-38-24-26-40(27-25-38)52-31-13-11-2/h20,23-27,37,39,41,48,51H,10,12,14-19,21-22,28-36H2,1-9H3,(H,47,49)/b23-20+/t39-,41+,46-/m0/s1. The second-order valence-electron chi connectivity index (χ2n) is 17.3. The van der Waals surface area contributed by atoms with Crippen molar-refractivity contribution in [2.24, 2.45) is 5.92 Å². The Morgan fingerprint density at radius 3 is 2.16 bits per heavy atom. The van der Waals surface area contributed by atoms with E-state index in [9.17, 15) is 19.8 Å². The molecule has 1 aliphatic rings. The van der Waals surface area contributed by atoms with Gasteiger partial charge in [-0.2, -0.15) is 0 Å². The van der Waals surface area contributed by atoms with Gasteiger partial charge in [0.1, 0.15) is 12.4 Å². The van der Waals surface area contributed by atoms with Crippen LogP contribution in [0.5, 0.6) is 5.75 Å². The number of unbranched alkanes of at least 4 members (excludes halogenated alkanes) is 8. The van der Waals surface area contributed by atoms with Crippen molar-refractivity contribution in [3.8, 4) is 17.6 Å². The predicted octanol–water partition coefficient (Wildman–Crippen LogP) is 8.82. The molecular weight excluding hydrogens is 739 g/mol. The summed E-state index contributed by atoms with van der Waals surface area (Å²) in [5.74, 6) is 3.15. The zero-order valence-electron chi connectivity index (χ0n) is 36.9. The molecule has 0 bridgehead atoms. The van der Waals surface area contributed by atoms with Gasteiger partial charge in [-0.3, -0.25) is 4.79 Å². The molecule has 1 aromatic rings. The Balaban J connectivity index is 2.19. The van der Waals surface area contributed by atoms with E-state index >= 15 is 0 Å². The Labute approximate surface area is 346 Å². The summed E-state index contributed by atoms with van der Waals surface area (Å²) in [7, 11) is -2.24. The van der Waals surface area contributed by atoms with Crippen molar-refractivity contribution < 1.29 is 43.2 Å². The van der Waals surface area contributed by atoms with Crippen molar-refractivity contribution in [1.82, 2.24) is 5.32 Å². The number of amides is 1. The Hall–Kier alpha value is -2.72. The fraction of sp³-hybridized carbons (Fsp3) is 0.739. The first-order valence-electron chi connectivity index (χ1n) is 21.6. The highest BCUT2D eigenvalue weighted by Gasteiger charge is 2.49. The van der Waals surface area contributed by atoms with Crippen LogP contribution in [0.2, 0.25) is 18.1 Å². The third-order valence-corrected chi connectivity index (χ3v) is 15.7. The number of aliphatic hydroxyl groups is 2. The van der Waals surface area contributed by atoms with Crippen LogP contribution in [0.1, 0.15) is 138 Å². The van der Waals surface area contributed by atoms with Crippen LogP contribution in [0.15, 0.2) is 36.4 Å². The van der Waals surface area contributed by atoms with Crippen LogP contribution in [0.25, 0.3) is 0 Å². The van der Waals surface area contributed by atoms with Crippen molar-refractivity contribution in [2.45, 2.75) is 180 Å². The molecule has 2 rings (SSSR count). The number of rotatable bonds is 28. The van der Waals surface area contributed by atoms with Crippen molar-refractivity contribution in [3.05, 3.63) is 42.0 Å². The Bertz CT molecular complexity index is 1390. The highest BCUT2D eigenvalue weighted by molar-refractivity contribution is 6.74. The third kappa shape index (κ3) is 18.0. The molecule has 1 aliphatic heterocycles. The Morgan fingerprint density at radius 1 is 0.982 bits per heavy atom. The number of benzene rings is 1. The topological polar surface area (TPSA) is 133 Å².